The van der Waals surface area contributed by atoms with Crippen molar-refractivity contribution in [2.75, 3.05) is 31.8 Å². The summed E-state index contributed by atoms with van der Waals surface area (Å²) in [6.45, 7) is 3.99. The van der Waals surface area contributed by atoms with Crippen LogP contribution in [0.1, 0.15) is 17.5 Å². The van der Waals surface area contributed by atoms with Crippen LogP contribution in [-0.2, 0) is 16.1 Å². The molecule has 5 nitrogen and oxygen atoms in total. The number of methoxy groups -OCH3 is 1. The molecule has 1 heterocycles. The van der Waals surface area contributed by atoms with E-state index in [-0.39, 0.29) is 17.8 Å². The summed E-state index contributed by atoms with van der Waals surface area (Å²) in [4.78, 5) is 14.5. The lowest BCUT2D eigenvalue weighted by Crippen LogP contribution is -2.45. The summed E-state index contributed by atoms with van der Waals surface area (Å²) in [5.74, 6) is 0.513. The first kappa shape index (κ1) is 19.2. The van der Waals surface area contributed by atoms with Crippen LogP contribution in [0.4, 0.5) is 10.1 Å². The maximum Gasteiger partial charge on any atom is 0.222 e. The number of hydrogen-bond acceptors (Lipinski definition) is 4. The molecule has 0 aromatic heterocycles. The highest BCUT2D eigenvalue weighted by atomic mass is 19.1. The van der Waals surface area contributed by atoms with E-state index >= 15 is 0 Å². The summed E-state index contributed by atoms with van der Waals surface area (Å²) >= 11 is 0. The van der Waals surface area contributed by atoms with Gasteiger partial charge in [0.1, 0.15) is 18.2 Å². The summed E-state index contributed by atoms with van der Waals surface area (Å²) < 4.78 is 24.1. The Bertz CT molecular complexity index is 779. The Morgan fingerprint density at radius 1 is 1.30 bits per heavy atom. The van der Waals surface area contributed by atoms with Gasteiger partial charge in [0.25, 0.3) is 0 Å². The van der Waals surface area contributed by atoms with Crippen LogP contribution < -0.4 is 15.0 Å². The number of rotatable bonds is 7. The van der Waals surface area contributed by atoms with E-state index in [1.165, 1.54) is 12.1 Å². The van der Waals surface area contributed by atoms with Crippen molar-refractivity contribution in [3.63, 3.8) is 0 Å². The Balaban J connectivity index is 1.79. The number of nitrogens with one attached hydrogen (secondary N) is 1. The Hall–Kier alpha value is -2.60. The number of fused-ring (bicyclic) bond motifs is 1. The van der Waals surface area contributed by atoms with Crippen LogP contribution in [0.5, 0.6) is 5.75 Å². The second kappa shape index (κ2) is 8.86. The van der Waals surface area contributed by atoms with Crippen molar-refractivity contribution >= 4 is 11.6 Å². The van der Waals surface area contributed by atoms with Gasteiger partial charge >= 0.3 is 0 Å². The Labute approximate surface area is 159 Å². The number of benzene rings is 2. The number of aryl methyl sites for hydroxylation is 1. The number of halogens is 1. The fourth-order valence-electron chi connectivity index (χ4n) is 3.20. The van der Waals surface area contributed by atoms with Crippen LogP contribution in [0.15, 0.2) is 42.5 Å². The van der Waals surface area contributed by atoms with Gasteiger partial charge in [-0.15, -0.1) is 0 Å². The average molecular weight is 372 g/mol. The SMILES string of the molecule is COCCNC(=O)C[C@H]1COc2cc(C)ccc2N1Cc1ccc(F)cc1. The molecule has 1 N–H and O–H groups in total. The molecule has 1 atom stereocenters. The van der Waals surface area contributed by atoms with Crippen LogP contribution in [0.3, 0.4) is 0 Å². The zero-order valence-electron chi connectivity index (χ0n) is 15.7. The molecular weight excluding hydrogens is 347 g/mol. The van der Waals surface area contributed by atoms with Gasteiger partial charge in [-0.05, 0) is 42.3 Å². The number of amides is 1. The molecular formula is C21H25FN2O3. The highest BCUT2D eigenvalue weighted by Crippen LogP contribution is 2.36. The average Bonchev–Trinajstić information content (AvgIpc) is 2.65. The van der Waals surface area contributed by atoms with Gasteiger partial charge in [-0.25, -0.2) is 4.39 Å². The molecule has 6 heteroatoms. The van der Waals surface area contributed by atoms with E-state index in [0.717, 1.165) is 22.6 Å². The molecule has 0 saturated carbocycles. The van der Waals surface area contributed by atoms with Gasteiger partial charge in [-0.1, -0.05) is 18.2 Å². The zero-order chi connectivity index (χ0) is 19.2. The molecule has 1 amide bonds. The van der Waals surface area contributed by atoms with Crippen molar-refractivity contribution < 1.29 is 18.7 Å². The van der Waals surface area contributed by atoms with E-state index in [0.29, 0.717) is 32.7 Å². The van der Waals surface area contributed by atoms with E-state index in [1.807, 2.05) is 25.1 Å². The van der Waals surface area contributed by atoms with Crippen molar-refractivity contribution in [3.05, 3.63) is 59.4 Å². The van der Waals surface area contributed by atoms with Gasteiger partial charge in [0.05, 0.1) is 24.8 Å². The Kier molecular flexibility index (Phi) is 6.29. The van der Waals surface area contributed by atoms with Crippen molar-refractivity contribution in [2.24, 2.45) is 0 Å². The lowest BCUT2D eigenvalue weighted by atomic mass is 10.0. The smallest absolute Gasteiger partial charge is 0.222 e. The maximum absolute atomic E-state index is 13.2. The van der Waals surface area contributed by atoms with Crippen molar-refractivity contribution in [2.45, 2.75) is 25.9 Å². The summed E-state index contributed by atoms with van der Waals surface area (Å²) in [5.41, 5.74) is 3.05. The summed E-state index contributed by atoms with van der Waals surface area (Å²) in [7, 11) is 1.60. The van der Waals surface area contributed by atoms with Gasteiger partial charge in [0.2, 0.25) is 5.91 Å². The van der Waals surface area contributed by atoms with Gasteiger partial charge in [0, 0.05) is 20.2 Å². The fourth-order valence-corrected chi connectivity index (χ4v) is 3.20. The van der Waals surface area contributed by atoms with Crippen molar-refractivity contribution in [1.82, 2.24) is 5.32 Å². The van der Waals surface area contributed by atoms with E-state index in [4.69, 9.17) is 9.47 Å². The zero-order valence-corrected chi connectivity index (χ0v) is 15.7. The Morgan fingerprint density at radius 2 is 2.07 bits per heavy atom. The molecule has 3 rings (SSSR count). The van der Waals surface area contributed by atoms with Crippen molar-refractivity contribution in [3.8, 4) is 5.75 Å². The molecule has 1 aliphatic rings. The molecule has 0 bridgehead atoms. The number of nitrogens with zero attached hydrogens (tertiary/aromatic N) is 1. The predicted molar refractivity (Wildman–Crippen MR) is 103 cm³/mol. The standard InChI is InChI=1S/C21H25FN2O3/c1-15-3-8-19-20(11-15)27-14-18(12-21(25)23-9-10-26-2)24(19)13-16-4-6-17(22)7-5-16/h3-8,11,18H,9-10,12-14H2,1-2H3,(H,23,25)/t18-/m0/s1. The number of anilines is 1. The number of carbonyl (C=O) groups excluding carboxylic acids is 1. The molecule has 144 valence electrons. The minimum absolute atomic E-state index is 0.0414. The van der Waals surface area contributed by atoms with Gasteiger partial charge in [-0.3, -0.25) is 4.79 Å². The third-order valence-electron chi connectivity index (χ3n) is 4.61. The monoisotopic (exact) mass is 372 g/mol. The summed E-state index contributed by atoms with van der Waals surface area (Å²) in [5, 5.41) is 2.86. The normalized spacial score (nSPS) is 15.8. The predicted octanol–water partition coefficient (Wildman–Crippen LogP) is 3.05. The largest absolute Gasteiger partial charge is 0.489 e. The molecule has 0 spiro atoms. The molecule has 0 aliphatic carbocycles. The topological polar surface area (TPSA) is 50.8 Å². The maximum atomic E-state index is 13.2. The van der Waals surface area contributed by atoms with E-state index in [1.54, 1.807) is 19.2 Å². The second-order valence-corrected chi connectivity index (χ2v) is 6.74. The lowest BCUT2D eigenvalue weighted by Gasteiger charge is -2.38. The molecule has 0 unspecified atom stereocenters. The van der Waals surface area contributed by atoms with Crippen molar-refractivity contribution in [1.29, 1.82) is 0 Å². The van der Waals surface area contributed by atoms with Crippen LogP contribution in [-0.4, -0.2) is 38.8 Å². The quantitative estimate of drug-likeness (QED) is 0.759. The number of hydrogen-bond donors (Lipinski definition) is 1. The van der Waals surface area contributed by atoms with Crippen LogP contribution in [0.25, 0.3) is 0 Å². The fraction of sp³-hybridized carbons (Fsp3) is 0.381. The number of ether oxygens (including phenoxy) is 2. The first-order valence-electron chi connectivity index (χ1n) is 9.07. The highest BCUT2D eigenvalue weighted by molar-refractivity contribution is 5.77. The van der Waals surface area contributed by atoms with Crippen LogP contribution in [0.2, 0.25) is 0 Å². The van der Waals surface area contributed by atoms with Crippen LogP contribution in [0, 0.1) is 12.7 Å². The minimum atomic E-state index is -0.258. The summed E-state index contributed by atoms with van der Waals surface area (Å²) in [6, 6.07) is 12.4. The Morgan fingerprint density at radius 3 is 2.81 bits per heavy atom. The summed E-state index contributed by atoms with van der Waals surface area (Å²) in [6.07, 6.45) is 0.318. The molecule has 2 aromatic rings. The van der Waals surface area contributed by atoms with E-state index < -0.39 is 0 Å². The van der Waals surface area contributed by atoms with Gasteiger partial charge < -0.3 is 19.7 Å². The number of carbonyl (C=O) groups is 1. The minimum Gasteiger partial charge on any atom is -0.489 e. The molecule has 0 fully saturated rings. The molecule has 0 radical (unpaired) electrons. The third-order valence-corrected chi connectivity index (χ3v) is 4.61. The molecule has 1 aliphatic heterocycles. The highest BCUT2D eigenvalue weighted by Gasteiger charge is 2.29. The van der Waals surface area contributed by atoms with Gasteiger partial charge in [-0.2, -0.15) is 0 Å². The molecule has 27 heavy (non-hydrogen) atoms. The third kappa shape index (κ3) is 4.98. The van der Waals surface area contributed by atoms with E-state index in [2.05, 4.69) is 10.2 Å². The molecule has 0 saturated heterocycles. The second-order valence-electron chi connectivity index (χ2n) is 6.74. The first-order chi connectivity index (χ1) is 13.1. The van der Waals surface area contributed by atoms with Crippen LogP contribution >= 0.6 is 0 Å². The first-order valence-corrected chi connectivity index (χ1v) is 9.07. The lowest BCUT2D eigenvalue weighted by molar-refractivity contribution is -0.121. The van der Waals surface area contributed by atoms with Gasteiger partial charge in [0.15, 0.2) is 0 Å². The molecule has 2 aromatic carbocycles. The van der Waals surface area contributed by atoms with E-state index in [9.17, 15) is 9.18 Å².